The molecule has 0 saturated carbocycles. The molecule has 0 aliphatic heterocycles. The Bertz CT molecular complexity index is 751. The molecule has 2 aromatic carbocycles. The van der Waals surface area contributed by atoms with E-state index < -0.39 is 0 Å². The van der Waals surface area contributed by atoms with E-state index in [9.17, 15) is 0 Å². The Morgan fingerprint density at radius 1 is 1.09 bits per heavy atom. The van der Waals surface area contributed by atoms with Gasteiger partial charge in [0.2, 0.25) is 0 Å². The maximum absolute atomic E-state index is 8.93. The molecule has 3 rings (SSSR count). The summed E-state index contributed by atoms with van der Waals surface area (Å²) < 4.78 is 1.77. The second-order valence-electron chi connectivity index (χ2n) is 5.48. The minimum absolute atomic E-state index is 0.185. The van der Waals surface area contributed by atoms with E-state index in [1.165, 1.54) is 11.9 Å². The third-order valence-electron chi connectivity index (χ3n) is 3.78. The predicted molar refractivity (Wildman–Crippen MR) is 90.7 cm³/mol. The number of rotatable bonds is 6. The monoisotopic (exact) mass is 308 g/mol. The first-order chi connectivity index (χ1) is 11.3. The molecular weight excluding hydrogens is 288 g/mol. The maximum Gasteiger partial charge on any atom is 0.138 e. The second kappa shape index (κ2) is 7.07. The van der Waals surface area contributed by atoms with Crippen molar-refractivity contribution in [2.75, 3.05) is 11.9 Å². The van der Waals surface area contributed by atoms with E-state index in [1.54, 1.807) is 11.0 Å². The lowest BCUT2D eigenvalue weighted by Gasteiger charge is -2.10. The molecule has 0 spiro atoms. The molecule has 3 aromatic rings. The largest absolute Gasteiger partial charge is 0.396 e. The highest BCUT2D eigenvalue weighted by Crippen LogP contribution is 2.16. The van der Waals surface area contributed by atoms with Gasteiger partial charge >= 0.3 is 0 Å². The van der Waals surface area contributed by atoms with Gasteiger partial charge in [0.25, 0.3) is 0 Å². The topological polar surface area (TPSA) is 63.0 Å². The van der Waals surface area contributed by atoms with Gasteiger partial charge in [-0.25, -0.2) is 9.67 Å². The van der Waals surface area contributed by atoms with E-state index in [0.29, 0.717) is 6.42 Å². The number of aliphatic hydroxyl groups excluding tert-OH is 1. The summed E-state index contributed by atoms with van der Waals surface area (Å²) >= 11 is 0. The number of benzene rings is 2. The van der Waals surface area contributed by atoms with Gasteiger partial charge in [0, 0.05) is 18.8 Å². The average molecular weight is 308 g/mol. The minimum Gasteiger partial charge on any atom is -0.396 e. The van der Waals surface area contributed by atoms with Gasteiger partial charge in [-0.15, -0.1) is 0 Å². The molecule has 1 heterocycles. The van der Waals surface area contributed by atoms with Crippen LogP contribution in [0.5, 0.6) is 0 Å². The molecule has 5 heteroatoms. The van der Waals surface area contributed by atoms with Crippen LogP contribution in [0.2, 0.25) is 0 Å². The summed E-state index contributed by atoms with van der Waals surface area (Å²) in [5.41, 5.74) is 5.63. The van der Waals surface area contributed by atoms with Crippen LogP contribution in [0.15, 0.2) is 55.1 Å². The van der Waals surface area contributed by atoms with E-state index in [-0.39, 0.29) is 6.61 Å². The molecule has 0 fully saturated rings. The summed E-state index contributed by atoms with van der Waals surface area (Å²) in [6, 6.07) is 14.5. The number of aromatic nitrogens is 3. The Kier molecular flexibility index (Phi) is 4.68. The van der Waals surface area contributed by atoms with Gasteiger partial charge in [0.15, 0.2) is 0 Å². The molecule has 0 aliphatic carbocycles. The van der Waals surface area contributed by atoms with E-state index in [4.69, 9.17) is 5.11 Å². The number of aliphatic hydroxyl groups is 1. The molecule has 0 bridgehead atoms. The van der Waals surface area contributed by atoms with Gasteiger partial charge in [-0.2, -0.15) is 5.10 Å². The Hall–Kier alpha value is -2.66. The third kappa shape index (κ3) is 3.76. The first-order valence-corrected chi connectivity index (χ1v) is 7.64. The van der Waals surface area contributed by atoms with Crippen molar-refractivity contribution in [3.63, 3.8) is 0 Å². The lowest BCUT2D eigenvalue weighted by atomic mass is 10.1. The smallest absolute Gasteiger partial charge is 0.138 e. The Labute approximate surface area is 135 Å². The van der Waals surface area contributed by atoms with Crippen molar-refractivity contribution in [1.29, 1.82) is 0 Å². The SMILES string of the molecule is Cc1cc(CNc2ccc(CCO)cc2)ccc1-n1cncn1. The fourth-order valence-electron chi connectivity index (χ4n) is 2.54. The highest BCUT2D eigenvalue weighted by atomic mass is 16.2. The van der Waals surface area contributed by atoms with Gasteiger partial charge < -0.3 is 10.4 Å². The van der Waals surface area contributed by atoms with Crippen LogP contribution in [0.4, 0.5) is 5.69 Å². The summed E-state index contributed by atoms with van der Waals surface area (Å²) in [7, 11) is 0. The summed E-state index contributed by atoms with van der Waals surface area (Å²) in [6.45, 7) is 3.02. The highest BCUT2D eigenvalue weighted by molar-refractivity contribution is 5.47. The maximum atomic E-state index is 8.93. The van der Waals surface area contributed by atoms with Crippen molar-refractivity contribution in [1.82, 2.24) is 14.8 Å². The van der Waals surface area contributed by atoms with Gasteiger partial charge in [0.1, 0.15) is 12.7 Å². The fraction of sp³-hybridized carbons (Fsp3) is 0.222. The van der Waals surface area contributed by atoms with Gasteiger partial charge in [0.05, 0.1) is 5.69 Å². The highest BCUT2D eigenvalue weighted by Gasteiger charge is 2.03. The lowest BCUT2D eigenvalue weighted by molar-refractivity contribution is 0.299. The predicted octanol–water partition coefficient (Wildman–Crippen LogP) is 2.72. The fourth-order valence-corrected chi connectivity index (χ4v) is 2.54. The third-order valence-corrected chi connectivity index (χ3v) is 3.78. The van der Waals surface area contributed by atoms with Crippen molar-refractivity contribution in [2.45, 2.75) is 19.9 Å². The first kappa shape index (κ1) is 15.2. The number of nitrogens with one attached hydrogen (secondary N) is 1. The van der Waals surface area contributed by atoms with Crippen LogP contribution < -0.4 is 5.32 Å². The van der Waals surface area contributed by atoms with Crippen molar-refractivity contribution in [3.8, 4) is 5.69 Å². The van der Waals surface area contributed by atoms with Crippen LogP contribution >= 0.6 is 0 Å². The summed E-state index contributed by atoms with van der Waals surface area (Å²) in [4.78, 5) is 3.98. The molecule has 1 aromatic heterocycles. The van der Waals surface area contributed by atoms with Crippen LogP contribution in [-0.2, 0) is 13.0 Å². The number of aryl methyl sites for hydroxylation is 1. The molecule has 0 unspecified atom stereocenters. The number of nitrogens with zero attached hydrogens (tertiary/aromatic N) is 3. The molecule has 118 valence electrons. The van der Waals surface area contributed by atoms with E-state index in [1.807, 2.05) is 24.3 Å². The lowest BCUT2D eigenvalue weighted by Crippen LogP contribution is -2.02. The zero-order valence-electron chi connectivity index (χ0n) is 13.1. The van der Waals surface area contributed by atoms with Crippen LogP contribution in [0.1, 0.15) is 16.7 Å². The number of hydrogen-bond acceptors (Lipinski definition) is 4. The Balaban J connectivity index is 1.65. The summed E-state index contributed by atoms with van der Waals surface area (Å²) in [5, 5.41) is 16.5. The van der Waals surface area contributed by atoms with E-state index in [2.05, 4.69) is 40.5 Å². The van der Waals surface area contributed by atoms with Gasteiger partial charge in [-0.05, 0) is 48.2 Å². The van der Waals surface area contributed by atoms with Crippen LogP contribution in [0.25, 0.3) is 5.69 Å². The molecule has 0 amide bonds. The first-order valence-electron chi connectivity index (χ1n) is 7.64. The molecule has 2 N–H and O–H groups in total. The summed E-state index contributed by atoms with van der Waals surface area (Å²) in [5.74, 6) is 0. The second-order valence-corrected chi connectivity index (χ2v) is 5.48. The Morgan fingerprint density at radius 2 is 1.87 bits per heavy atom. The zero-order chi connectivity index (χ0) is 16.1. The van der Waals surface area contributed by atoms with Crippen LogP contribution in [-0.4, -0.2) is 26.5 Å². The molecule has 0 radical (unpaired) electrons. The summed E-state index contributed by atoms with van der Waals surface area (Å²) in [6.07, 6.45) is 3.94. The van der Waals surface area contributed by atoms with Gasteiger partial charge in [-0.1, -0.05) is 24.3 Å². The van der Waals surface area contributed by atoms with Crippen molar-refractivity contribution in [3.05, 3.63) is 71.8 Å². The molecule has 5 nitrogen and oxygen atoms in total. The van der Waals surface area contributed by atoms with Crippen LogP contribution in [0, 0.1) is 6.92 Å². The number of hydrogen-bond donors (Lipinski definition) is 2. The van der Waals surface area contributed by atoms with Gasteiger partial charge in [-0.3, -0.25) is 0 Å². The molecule has 0 atom stereocenters. The molecular formula is C18H20N4O. The standard InChI is InChI=1S/C18H20N4O/c1-14-10-16(4-7-18(14)22-13-19-12-21-22)11-20-17-5-2-15(3-6-17)8-9-23/h2-7,10,12-13,20,23H,8-9,11H2,1H3. The number of anilines is 1. The normalized spacial score (nSPS) is 10.7. The Morgan fingerprint density at radius 3 is 2.52 bits per heavy atom. The van der Waals surface area contributed by atoms with Crippen molar-refractivity contribution in [2.24, 2.45) is 0 Å². The average Bonchev–Trinajstić information content (AvgIpc) is 3.09. The van der Waals surface area contributed by atoms with Crippen molar-refractivity contribution >= 4 is 5.69 Å². The minimum atomic E-state index is 0.185. The van der Waals surface area contributed by atoms with Crippen LogP contribution in [0.3, 0.4) is 0 Å². The van der Waals surface area contributed by atoms with E-state index in [0.717, 1.165) is 29.0 Å². The van der Waals surface area contributed by atoms with E-state index >= 15 is 0 Å². The molecule has 0 saturated heterocycles. The van der Waals surface area contributed by atoms with Crippen molar-refractivity contribution < 1.29 is 5.11 Å². The molecule has 23 heavy (non-hydrogen) atoms. The zero-order valence-corrected chi connectivity index (χ0v) is 13.1. The molecule has 0 aliphatic rings. The quantitative estimate of drug-likeness (QED) is 0.735.